The van der Waals surface area contributed by atoms with Gasteiger partial charge < -0.3 is 19.6 Å². The minimum atomic E-state index is -2.68. The number of nitrogens with one attached hydrogen (secondary N) is 1. The zero-order chi connectivity index (χ0) is 15.0. The summed E-state index contributed by atoms with van der Waals surface area (Å²) < 4.78 is 35.9. The molecular weight excluding hydrogens is 282 g/mol. The Labute approximate surface area is 118 Å². The fraction of sp³-hybridized carbons (Fsp3) is 0.308. The molecule has 8 heteroatoms. The molecule has 0 atom stereocenters. The molecule has 1 fully saturated rings. The number of alkyl halides is 2. The van der Waals surface area contributed by atoms with Gasteiger partial charge in [-0.3, -0.25) is 0 Å². The first-order chi connectivity index (χ1) is 10.0. The average Bonchev–Trinajstić information content (AvgIpc) is 2.93. The number of hydrogen-bond acceptors (Lipinski definition) is 6. The van der Waals surface area contributed by atoms with Gasteiger partial charge in [0.25, 0.3) is 17.8 Å². The number of aromatic nitrogens is 2. The largest absolute Gasteiger partial charge is 0.496 e. The molecule has 1 aromatic heterocycles. The minimum Gasteiger partial charge on any atom is -0.496 e. The van der Waals surface area contributed by atoms with Crippen molar-refractivity contribution in [3.63, 3.8) is 0 Å². The summed E-state index contributed by atoms with van der Waals surface area (Å²) in [6.45, 7) is -0.802. The third kappa shape index (κ3) is 2.44. The molecule has 0 unspecified atom stereocenters. The summed E-state index contributed by atoms with van der Waals surface area (Å²) in [6.07, 6.45) is 1.17. The molecular formula is C13H12F2N4O2. The smallest absolute Gasteiger partial charge is 0.282 e. The summed E-state index contributed by atoms with van der Waals surface area (Å²) in [4.78, 5) is 5.44. The number of nitrogens with zero attached hydrogens (tertiary/aromatic N) is 3. The van der Waals surface area contributed by atoms with Crippen molar-refractivity contribution in [2.75, 3.05) is 25.1 Å². The highest BCUT2D eigenvalue weighted by atomic mass is 19.3. The summed E-state index contributed by atoms with van der Waals surface area (Å²) in [5, 5.41) is 11.0. The Hall–Kier alpha value is -2.51. The number of ether oxygens (including phenoxy) is 1. The molecule has 21 heavy (non-hydrogen) atoms. The van der Waals surface area contributed by atoms with E-state index < -0.39 is 19.0 Å². The summed E-state index contributed by atoms with van der Waals surface area (Å²) >= 11 is 0. The van der Waals surface area contributed by atoms with Crippen LogP contribution in [0, 0.1) is 5.41 Å². The highest BCUT2D eigenvalue weighted by Crippen LogP contribution is 2.32. The van der Waals surface area contributed by atoms with Crippen molar-refractivity contribution in [2.24, 2.45) is 0 Å². The Morgan fingerprint density at radius 3 is 2.81 bits per heavy atom. The lowest BCUT2D eigenvalue weighted by Gasteiger charge is -2.37. The Balaban J connectivity index is 1.85. The van der Waals surface area contributed by atoms with Crippen LogP contribution >= 0.6 is 0 Å². The summed E-state index contributed by atoms with van der Waals surface area (Å²) in [6, 6.07) is 5.04. The number of rotatable bonds is 4. The van der Waals surface area contributed by atoms with E-state index in [4.69, 9.17) is 14.7 Å². The zero-order valence-corrected chi connectivity index (χ0v) is 11.1. The maximum Gasteiger partial charge on any atom is 0.282 e. The first-order valence-corrected chi connectivity index (χ1v) is 6.18. The Morgan fingerprint density at radius 1 is 1.43 bits per heavy atom. The van der Waals surface area contributed by atoms with Crippen molar-refractivity contribution in [3.8, 4) is 17.2 Å². The molecule has 0 saturated carbocycles. The lowest BCUT2D eigenvalue weighted by atomic mass is 10.1. The van der Waals surface area contributed by atoms with Crippen LogP contribution in [0.5, 0.6) is 5.75 Å². The molecule has 0 aliphatic carbocycles. The van der Waals surface area contributed by atoms with Crippen molar-refractivity contribution in [2.45, 2.75) is 5.92 Å². The van der Waals surface area contributed by atoms with E-state index in [1.807, 2.05) is 0 Å². The van der Waals surface area contributed by atoms with Crippen molar-refractivity contribution in [1.29, 1.82) is 5.41 Å². The summed E-state index contributed by atoms with van der Waals surface area (Å²) in [5.74, 6) is -1.82. The quantitative estimate of drug-likeness (QED) is 0.875. The van der Waals surface area contributed by atoms with Gasteiger partial charge >= 0.3 is 0 Å². The SMILES string of the molecule is COc1cc(-c2nc(N3CC(F)(F)C3)no2)ccc1C=N. The highest BCUT2D eigenvalue weighted by molar-refractivity contribution is 5.82. The Bertz CT molecular complexity index is 679. The predicted molar refractivity (Wildman–Crippen MR) is 71.3 cm³/mol. The molecule has 0 amide bonds. The molecule has 2 heterocycles. The molecule has 1 N–H and O–H groups in total. The van der Waals surface area contributed by atoms with Gasteiger partial charge in [-0.2, -0.15) is 4.98 Å². The van der Waals surface area contributed by atoms with Gasteiger partial charge in [0, 0.05) is 17.3 Å². The van der Waals surface area contributed by atoms with E-state index in [0.29, 0.717) is 16.9 Å². The normalized spacial score (nSPS) is 16.4. The molecule has 110 valence electrons. The molecule has 6 nitrogen and oxygen atoms in total. The van der Waals surface area contributed by atoms with E-state index in [0.717, 1.165) is 0 Å². The Kier molecular flexibility index (Phi) is 3.08. The fourth-order valence-corrected chi connectivity index (χ4v) is 2.08. The lowest BCUT2D eigenvalue weighted by molar-refractivity contribution is -0.0273. The first kappa shape index (κ1) is 13.5. The van der Waals surface area contributed by atoms with Crippen LogP contribution in [0.3, 0.4) is 0 Å². The lowest BCUT2D eigenvalue weighted by Crippen LogP contribution is -2.56. The molecule has 0 spiro atoms. The van der Waals surface area contributed by atoms with Gasteiger partial charge in [0.2, 0.25) is 0 Å². The topological polar surface area (TPSA) is 75.2 Å². The van der Waals surface area contributed by atoms with Crippen LogP contribution in [-0.2, 0) is 0 Å². The van der Waals surface area contributed by atoms with Crippen LogP contribution in [0.2, 0.25) is 0 Å². The molecule has 3 rings (SSSR count). The van der Waals surface area contributed by atoms with Gasteiger partial charge in [-0.25, -0.2) is 8.78 Å². The molecule has 0 bridgehead atoms. The number of halogens is 2. The van der Waals surface area contributed by atoms with Crippen LogP contribution in [0.25, 0.3) is 11.5 Å². The van der Waals surface area contributed by atoms with E-state index in [9.17, 15) is 8.78 Å². The second kappa shape index (κ2) is 4.80. The second-order valence-corrected chi connectivity index (χ2v) is 4.71. The zero-order valence-electron chi connectivity index (χ0n) is 11.1. The highest BCUT2D eigenvalue weighted by Gasteiger charge is 2.45. The van der Waals surface area contributed by atoms with E-state index in [1.54, 1.807) is 18.2 Å². The van der Waals surface area contributed by atoms with Gasteiger partial charge in [0.15, 0.2) is 0 Å². The molecule has 1 aliphatic rings. The van der Waals surface area contributed by atoms with E-state index in [1.165, 1.54) is 18.2 Å². The van der Waals surface area contributed by atoms with Crippen molar-refractivity contribution in [3.05, 3.63) is 23.8 Å². The number of anilines is 1. The Morgan fingerprint density at radius 2 is 2.19 bits per heavy atom. The van der Waals surface area contributed by atoms with Crippen LogP contribution in [0.4, 0.5) is 14.7 Å². The molecule has 2 aromatic rings. The first-order valence-electron chi connectivity index (χ1n) is 6.18. The molecule has 1 saturated heterocycles. The predicted octanol–water partition coefficient (Wildman–Crippen LogP) is 2.20. The third-order valence-electron chi connectivity index (χ3n) is 3.18. The number of hydrogen-bond donors (Lipinski definition) is 1. The third-order valence-corrected chi connectivity index (χ3v) is 3.18. The van der Waals surface area contributed by atoms with Crippen molar-refractivity contribution >= 4 is 12.2 Å². The van der Waals surface area contributed by atoms with Crippen LogP contribution < -0.4 is 9.64 Å². The van der Waals surface area contributed by atoms with Crippen molar-refractivity contribution in [1.82, 2.24) is 10.1 Å². The van der Waals surface area contributed by atoms with E-state index in [-0.39, 0.29) is 11.8 Å². The number of methoxy groups -OCH3 is 1. The van der Waals surface area contributed by atoms with Crippen molar-refractivity contribution < 1.29 is 18.0 Å². The maximum atomic E-state index is 12.8. The standard InChI is InChI=1S/C13H12F2N4O2/c1-20-10-4-8(2-3-9(10)5-16)11-17-12(18-21-11)19-6-13(14,15)7-19/h2-5,16H,6-7H2,1H3. The van der Waals surface area contributed by atoms with Gasteiger partial charge in [-0.1, -0.05) is 0 Å². The molecule has 1 aliphatic heterocycles. The molecule has 0 radical (unpaired) electrons. The summed E-state index contributed by atoms with van der Waals surface area (Å²) in [7, 11) is 1.49. The van der Waals surface area contributed by atoms with Gasteiger partial charge in [0.05, 0.1) is 20.2 Å². The van der Waals surface area contributed by atoms with Gasteiger partial charge in [-0.15, -0.1) is 0 Å². The average molecular weight is 294 g/mol. The van der Waals surface area contributed by atoms with Crippen LogP contribution in [-0.4, -0.2) is 42.5 Å². The maximum absolute atomic E-state index is 12.8. The van der Waals surface area contributed by atoms with Gasteiger partial charge in [-0.05, 0) is 23.4 Å². The second-order valence-electron chi connectivity index (χ2n) is 4.71. The monoisotopic (exact) mass is 294 g/mol. The minimum absolute atomic E-state index is 0.144. The van der Waals surface area contributed by atoms with Crippen LogP contribution in [0.1, 0.15) is 5.56 Å². The molecule has 1 aromatic carbocycles. The fourth-order valence-electron chi connectivity index (χ4n) is 2.08. The van der Waals surface area contributed by atoms with Crippen LogP contribution in [0.15, 0.2) is 22.7 Å². The van der Waals surface area contributed by atoms with E-state index in [2.05, 4.69) is 10.1 Å². The van der Waals surface area contributed by atoms with E-state index >= 15 is 0 Å². The summed E-state index contributed by atoms with van der Waals surface area (Å²) in [5.41, 5.74) is 1.21. The number of benzene rings is 1. The van der Waals surface area contributed by atoms with Gasteiger partial charge in [0.1, 0.15) is 5.75 Å².